The average Bonchev–Trinajstić information content (AvgIpc) is 3.10. The number of carbonyl (C=O) groups excluding carboxylic acids is 5. The van der Waals surface area contributed by atoms with Gasteiger partial charge in [-0.1, -0.05) is 34.6 Å². The van der Waals surface area contributed by atoms with Crippen LogP contribution in [0.25, 0.3) is 0 Å². The first-order valence-electron chi connectivity index (χ1n) is 17.1. The molecule has 50 heavy (non-hydrogen) atoms. The van der Waals surface area contributed by atoms with Gasteiger partial charge in [-0.2, -0.15) is 11.8 Å². The molecule has 1 aliphatic carbocycles. The monoisotopic (exact) mass is 802 g/mol. The van der Waals surface area contributed by atoms with Crippen LogP contribution < -0.4 is 0 Å². The highest BCUT2D eigenvalue weighted by Gasteiger charge is 2.37. The summed E-state index contributed by atoms with van der Waals surface area (Å²) in [5, 5.41) is 1.36. The average molecular weight is 803 g/mol. The molecule has 1 aliphatic rings. The topological polar surface area (TPSA) is 132 Å². The van der Waals surface area contributed by atoms with Crippen LogP contribution in [0.4, 0.5) is 0 Å². The molecule has 0 saturated heterocycles. The Hall–Kier alpha value is -0.900. The highest BCUT2D eigenvalue weighted by atomic mass is 32.2. The molecule has 10 nitrogen and oxygen atoms in total. The summed E-state index contributed by atoms with van der Waals surface area (Å²) in [5.41, 5.74) is 0. The Kier molecular flexibility index (Phi) is 29.0. The fourth-order valence-corrected chi connectivity index (χ4v) is 11.3. The Balaban J connectivity index is 0.000000986. The van der Waals surface area contributed by atoms with Crippen LogP contribution in [-0.4, -0.2) is 121 Å². The van der Waals surface area contributed by atoms with Crippen molar-refractivity contribution in [2.45, 2.75) is 82.5 Å². The lowest BCUT2D eigenvalue weighted by Crippen LogP contribution is -2.37. The highest BCUT2D eigenvalue weighted by molar-refractivity contribution is 8.01. The number of ether oxygens (including phenoxy) is 5. The molecule has 6 atom stereocenters. The highest BCUT2D eigenvalue weighted by Crippen LogP contribution is 2.44. The van der Waals surface area contributed by atoms with Crippen LogP contribution in [0.1, 0.15) is 66.7 Å². The molecule has 0 aromatic heterocycles. The second kappa shape index (κ2) is 29.5. The second-order valence-corrected chi connectivity index (χ2v) is 18.6. The minimum absolute atomic E-state index is 0.151. The summed E-state index contributed by atoms with van der Waals surface area (Å²) in [6.07, 6.45) is 5.18. The molecule has 0 aromatic carbocycles. The number of thioether (sulfide) groups is 5. The molecule has 0 aromatic rings. The Labute approximate surface area is 322 Å². The Morgan fingerprint density at radius 2 is 1.08 bits per heavy atom. The normalized spacial score (nSPS) is 19.8. The van der Waals surface area contributed by atoms with Gasteiger partial charge in [0.15, 0.2) is 0 Å². The molecule has 0 radical (unpaired) electrons. The molecule has 1 fully saturated rings. The number of hydrogen-bond donors (Lipinski definition) is 0. The molecule has 0 N–H and O–H groups in total. The van der Waals surface area contributed by atoms with Gasteiger partial charge in [0.25, 0.3) is 0 Å². The van der Waals surface area contributed by atoms with Gasteiger partial charge in [0.1, 0.15) is 0 Å². The maximum Gasteiger partial charge on any atom is 0.315 e. The zero-order valence-electron chi connectivity index (χ0n) is 31.7. The predicted octanol–water partition coefficient (Wildman–Crippen LogP) is 6.75. The van der Waals surface area contributed by atoms with Crippen LogP contribution in [0.5, 0.6) is 0 Å². The summed E-state index contributed by atoms with van der Waals surface area (Å²) in [7, 11) is 7.08. The van der Waals surface area contributed by atoms with Crippen molar-refractivity contribution < 1.29 is 47.7 Å². The maximum atomic E-state index is 11.4. The molecule has 6 unspecified atom stereocenters. The van der Waals surface area contributed by atoms with Crippen molar-refractivity contribution in [1.82, 2.24) is 0 Å². The second-order valence-electron chi connectivity index (χ2n) is 12.8. The van der Waals surface area contributed by atoms with Gasteiger partial charge in [-0.25, -0.2) is 0 Å². The summed E-state index contributed by atoms with van der Waals surface area (Å²) in [6.45, 7) is 11.1. The van der Waals surface area contributed by atoms with Crippen molar-refractivity contribution in [2.75, 3.05) is 75.8 Å². The molecule has 1 saturated carbocycles. The minimum Gasteiger partial charge on any atom is -0.468 e. The Bertz CT molecular complexity index is 984. The van der Waals surface area contributed by atoms with Crippen molar-refractivity contribution in [3.63, 3.8) is 0 Å². The van der Waals surface area contributed by atoms with Crippen molar-refractivity contribution in [3.05, 3.63) is 0 Å². The number of methoxy groups -OCH3 is 5. The maximum absolute atomic E-state index is 11.4. The molecule has 0 aliphatic heterocycles. The van der Waals surface area contributed by atoms with E-state index < -0.39 is 0 Å². The summed E-state index contributed by atoms with van der Waals surface area (Å²) >= 11 is 8.25. The van der Waals surface area contributed by atoms with Gasteiger partial charge in [-0.05, 0) is 73.2 Å². The Morgan fingerprint density at radius 3 is 1.58 bits per heavy atom. The van der Waals surface area contributed by atoms with Gasteiger partial charge in [0.05, 0.1) is 64.3 Å². The first kappa shape index (κ1) is 49.1. The van der Waals surface area contributed by atoms with E-state index in [0.717, 1.165) is 43.6 Å². The van der Waals surface area contributed by atoms with E-state index in [1.807, 2.05) is 0 Å². The smallest absolute Gasteiger partial charge is 0.315 e. The van der Waals surface area contributed by atoms with E-state index in [4.69, 9.17) is 18.9 Å². The Morgan fingerprint density at radius 1 is 0.600 bits per heavy atom. The largest absolute Gasteiger partial charge is 0.468 e. The lowest BCUT2D eigenvalue weighted by Gasteiger charge is -2.41. The SMILES string of the molecule is COC(=O)CSC1CC(C(C)C)C(SCC(=O)OC)CC1C.COC(=O)CSCCC(CCC(SCC(=O)OC)C(C)C)CSCC(=O)OC. The van der Waals surface area contributed by atoms with Crippen LogP contribution in [0.2, 0.25) is 0 Å². The molecule has 0 spiro atoms. The molecule has 15 heteroatoms. The lowest BCUT2D eigenvalue weighted by atomic mass is 9.77. The fraction of sp³-hybridized carbons (Fsp3) is 0.857. The third kappa shape index (κ3) is 22.9. The zero-order valence-corrected chi connectivity index (χ0v) is 35.8. The zero-order chi connectivity index (χ0) is 38.1. The summed E-state index contributed by atoms with van der Waals surface area (Å²) < 4.78 is 23.6. The third-order valence-electron chi connectivity index (χ3n) is 8.53. The van der Waals surface area contributed by atoms with Crippen molar-refractivity contribution in [3.8, 4) is 0 Å². The summed E-state index contributed by atoms with van der Waals surface area (Å²) in [6, 6.07) is 0. The molecule has 0 bridgehead atoms. The van der Waals surface area contributed by atoms with Gasteiger partial charge in [-0.15, -0.1) is 47.0 Å². The summed E-state index contributed by atoms with van der Waals surface area (Å²) in [5.74, 6) is 5.37. The number of rotatable bonds is 23. The van der Waals surface area contributed by atoms with Crippen LogP contribution in [-0.2, 0) is 47.7 Å². The quantitative estimate of drug-likeness (QED) is 0.0613. The van der Waals surface area contributed by atoms with Crippen molar-refractivity contribution in [1.29, 1.82) is 0 Å². The minimum atomic E-state index is -0.211. The van der Waals surface area contributed by atoms with Crippen LogP contribution >= 0.6 is 58.8 Å². The van der Waals surface area contributed by atoms with Gasteiger partial charge in [-0.3, -0.25) is 24.0 Å². The van der Waals surface area contributed by atoms with Crippen molar-refractivity contribution in [2.24, 2.45) is 29.6 Å². The van der Waals surface area contributed by atoms with E-state index in [-0.39, 0.29) is 29.8 Å². The molecule has 0 heterocycles. The van der Waals surface area contributed by atoms with E-state index in [2.05, 4.69) is 39.4 Å². The van der Waals surface area contributed by atoms with Gasteiger partial charge < -0.3 is 23.7 Å². The standard InChI is InChI=1S/C19H34O6S3.C16H28O4S2/c1-14(2)16(28-13-19(22)25-5)7-6-15(10-27-12-18(21)24-4)8-9-26-11-17(20)23-3;1-10(2)12-7-13(21-8-15(17)19-4)11(3)6-14(12)22-9-16(18)20-5/h14-16H,6-13H2,1-5H3;10-14H,6-9H2,1-5H3. The lowest BCUT2D eigenvalue weighted by molar-refractivity contribution is -0.138. The molecular formula is C35H62O10S5. The van der Waals surface area contributed by atoms with Gasteiger partial charge >= 0.3 is 29.8 Å². The van der Waals surface area contributed by atoms with E-state index in [9.17, 15) is 24.0 Å². The molecule has 1 rings (SSSR count). The van der Waals surface area contributed by atoms with Crippen molar-refractivity contribution >= 4 is 88.7 Å². The van der Waals surface area contributed by atoms with E-state index in [0.29, 0.717) is 74.1 Å². The summed E-state index contributed by atoms with van der Waals surface area (Å²) in [4.78, 5) is 56.8. The van der Waals surface area contributed by atoms with Crippen LogP contribution in [0.3, 0.4) is 0 Å². The fourth-order valence-electron chi connectivity index (χ4n) is 5.33. The molecular weight excluding hydrogens is 741 g/mol. The molecule has 0 amide bonds. The third-order valence-corrected chi connectivity index (χ3v) is 15.1. The number of hydrogen-bond acceptors (Lipinski definition) is 15. The number of esters is 5. The van der Waals surface area contributed by atoms with Gasteiger partial charge in [0, 0.05) is 15.7 Å². The first-order chi connectivity index (χ1) is 23.7. The van der Waals surface area contributed by atoms with E-state index >= 15 is 0 Å². The van der Waals surface area contributed by atoms with Gasteiger partial charge in [0.2, 0.25) is 0 Å². The van der Waals surface area contributed by atoms with E-state index in [1.165, 1.54) is 35.5 Å². The van der Waals surface area contributed by atoms with E-state index in [1.54, 1.807) is 58.8 Å². The first-order valence-corrected chi connectivity index (χ1v) is 22.5. The molecule has 292 valence electrons. The predicted molar refractivity (Wildman–Crippen MR) is 212 cm³/mol. The van der Waals surface area contributed by atoms with Crippen LogP contribution in [0.15, 0.2) is 0 Å². The van der Waals surface area contributed by atoms with Crippen LogP contribution in [0, 0.1) is 29.6 Å². The number of carbonyl (C=O) groups is 5.